The lowest BCUT2D eigenvalue weighted by atomic mass is 10.4. The van der Waals surface area contributed by atoms with Crippen molar-refractivity contribution in [2.75, 3.05) is 0 Å². The molecule has 0 unspecified atom stereocenters. The quantitative estimate of drug-likeness (QED) is 0.623. The third kappa shape index (κ3) is 2.99. The van der Waals surface area contributed by atoms with E-state index in [1.165, 1.54) is 4.52 Å². The van der Waals surface area contributed by atoms with Crippen molar-refractivity contribution in [2.24, 2.45) is 0 Å². The second-order valence-electron chi connectivity index (χ2n) is 4.13. The van der Waals surface area contributed by atoms with Gasteiger partial charge in [-0.1, -0.05) is 35.0 Å². The highest BCUT2D eigenvalue weighted by molar-refractivity contribution is 7.99. The zero-order valence-corrected chi connectivity index (χ0v) is 12.8. The van der Waals surface area contributed by atoms with Gasteiger partial charge in [0.05, 0.1) is 10.0 Å². The molecular weight excluding hydrogens is 360 g/mol. The van der Waals surface area contributed by atoms with Gasteiger partial charge in [-0.2, -0.15) is 27.8 Å². The van der Waals surface area contributed by atoms with Crippen LogP contribution in [-0.2, 0) is 6.18 Å². The highest BCUT2D eigenvalue weighted by Crippen LogP contribution is 2.35. The van der Waals surface area contributed by atoms with Gasteiger partial charge in [0.1, 0.15) is 11.4 Å². The van der Waals surface area contributed by atoms with Crippen LogP contribution >= 0.6 is 35.0 Å². The van der Waals surface area contributed by atoms with Crippen molar-refractivity contribution >= 4 is 40.7 Å². The first-order chi connectivity index (χ1) is 10.3. The standard InChI is InChI=1S/C12H5Cl2F3N4S/c13-7-2-1-6(3-8(7)14)22-10-4-9(12(15,16)17)20-11-18-5-19-21(10)11/h1-5H. The molecule has 0 aliphatic rings. The molecule has 2 heterocycles. The first-order valence-electron chi connectivity index (χ1n) is 5.75. The van der Waals surface area contributed by atoms with Gasteiger partial charge >= 0.3 is 6.18 Å². The molecule has 3 aromatic rings. The highest BCUT2D eigenvalue weighted by atomic mass is 35.5. The lowest BCUT2D eigenvalue weighted by Gasteiger charge is -2.09. The number of benzene rings is 1. The van der Waals surface area contributed by atoms with Crippen LogP contribution in [0.3, 0.4) is 0 Å². The highest BCUT2D eigenvalue weighted by Gasteiger charge is 2.34. The summed E-state index contributed by atoms with van der Waals surface area (Å²) < 4.78 is 39.9. The summed E-state index contributed by atoms with van der Waals surface area (Å²) >= 11 is 12.8. The van der Waals surface area contributed by atoms with Crippen LogP contribution in [0, 0.1) is 0 Å². The van der Waals surface area contributed by atoms with Crippen molar-refractivity contribution in [1.82, 2.24) is 19.6 Å². The lowest BCUT2D eigenvalue weighted by molar-refractivity contribution is -0.141. The zero-order chi connectivity index (χ0) is 15.9. The van der Waals surface area contributed by atoms with Crippen LogP contribution in [0.25, 0.3) is 5.78 Å². The van der Waals surface area contributed by atoms with Crippen molar-refractivity contribution in [2.45, 2.75) is 16.1 Å². The Morgan fingerprint density at radius 3 is 2.55 bits per heavy atom. The number of alkyl halides is 3. The normalized spacial score (nSPS) is 12.0. The Kier molecular flexibility index (Phi) is 3.92. The third-order valence-corrected chi connectivity index (χ3v) is 4.35. The summed E-state index contributed by atoms with van der Waals surface area (Å²) in [5.41, 5.74) is -1.03. The van der Waals surface area contributed by atoms with Crippen molar-refractivity contribution < 1.29 is 13.2 Å². The summed E-state index contributed by atoms with van der Waals surface area (Å²) in [6.07, 6.45) is -3.43. The van der Waals surface area contributed by atoms with E-state index in [9.17, 15) is 13.2 Å². The Morgan fingerprint density at radius 1 is 1.09 bits per heavy atom. The van der Waals surface area contributed by atoms with Crippen LogP contribution in [-0.4, -0.2) is 19.6 Å². The molecule has 0 saturated carbocycles. The maximum absolute atomic E-state index is 12.9. The van der Waals surface area contributed by atoms with Crippen LogP contribution in [0.2, 0.25) is 10.0 Å². The third-order valence-electron chi connectivity index (χ3n) is 2.62. The summed E-state index contributed by atoms with van der Waals surface area (Å²) in [4.78, 5) is 7.77. The first-order valence-corrected chi connectivity index (χ1v) is 7.33. The molecule has 22 heavy (non-hydrogen) atoms. The molecule has 0 bridgehead atoms. The van der Waals surface area contributed by atoms with E-state index in [0.29, 0.717) is 14.9 Å². The van der Waals surface area contributed by atoms with Gasteiger partial charge in [0.2, 0.25) is 0 Å². The first kappa shape index (κ1) is 15.4. The number of nitrogens with zero attached hydrogens (tertiary/aromatic N) is 4. The summed E-state index contributed by atoms with van der Waals surface area (Å²) in [5, 5.41) is 4.76. The van der Waals surface area contributed by atoms with E-state index >= 15 is 0 Å². The average molecular weight is 365 g/mol. The van der Waals surface area contributed by atoms with Crippen LogP contribution in [0.15, 0.2) is 40.5 Å². The minimum atomic E-state index is -4.57. The summed E-state index contributed by atoms with van der Waals surface area (Å²) in [7, 11) is 0. The molecule has 0 saturated heterocycles. The molecular formula is C12H5Cl2F3N4S. The maximum atomic E-state index is 12.9. The summed E-state index contributed by atoms with van der Waals surface area (Å²) in [6, 6.07) is 5.69. The molecule has 0 fully saturated rings. The molecule has 0 aliphatic heterocycles. The maximum Gasteiger partial charge on any atom is 0.433 e. The Labute approximate surface area is 136 Å². The van der Waals surface area contributed by atoms with E-state index in [1.807, 2.05) is 0 Å². The number of aromatic nitrogens is 4. The monoisotopic (exact) mass is 364 g/mol. The van der Waals surface area contributed by atoms with Crippen molar-refractivity contribution in [3.8, 4) is 0 Å². The predicted octanol–water partition coefficient (Wildman–Crippen LogP) is 4.60. The van der Waals surface area contributed by atoms with Crippen molar-refractivity contribution in [3.05, 3.63) is 46.3 Å². The SMILES string of the molecule is FC(F)(F)c1cc(Sc2ccc(Cl)c(Cl)c2)n2ncnc2n1. The van der Waals surface area contributed by atoms with Gasteiger partial charge in [-0.05, 0) is 18.2 Å². The number of hydrogen-bond donors (Lipinski definition) is 0. The Bertz CT molecular complexity index is 850. The van der Waals surface area contributed by atoms with E-state index in [4.69, 9.17) is 23.2 Å². The molecule has 3 rings (SSSR count). The predicted molar refractivity (Wildman–Crippen MR) is 76.4 cm³/mol. The molecule has 0 atom stereocenters. The van der Waals surface area contributed by atoms with Gasteiger partial charge in [0.25, 0.3) is 5.78 Å². The van der Waals surface area contributed by atoms with E-state index in [0.717, 1.165) is 24.2 Å². The Balaban J connectivity index is 2.08. The molecule has 4 nitrogen and oxygen atoms in total. The Morgan fingerprint density at radius 2 is 1.86 bits per heavy atom. The lowest BCUT2D eigenvalue weighted by Crippen LogP contribution is -2.10. The fourth-order valence-corrected chi connectivity index (χ4v) is 2.97. The van der Waals surface area contributed by atoms with E-state index in [2.05, 4.69) is 15.1 Å². The summed E-state index contributed by atoms with van der Waals surface area (Å²) in [5.74, 6) is -0.127. The van der Waals surface area contributed by atoms with Crippen LogP contribution < -0.4 is 0 Å². The van der Waals surface area contributed by atoms with E-state index < -0.39 is 11.9 Å². The number of halogens is 5. The van der Waals surface area contributed by atoms with Gasteiger partial charge in [-0.3, -0.25) is 0 Å². The minimum absolute atomic E-state index is 0.127. The number of fused-ring (bicyclic) bond motifs is 1. The smallest absolute Gasteiger partial charge is 0.206 e. The van der Waals surface area contributed by atoms with Crippen LogP contribution in [0.4, 0.5) is 13.2 Å². The largest absolute Gasteiger partial charge is 0.433 e. The molecule has 1 aromatic carbocycles. The molecule has 0 spiro atoms. The van der Waals surface area contributed by atoms with E-state index in [-0.39, 0.29) is 10.8 Å². The second kappa shape index (κ2) is 5.60. The Hall–Kier alpha value is -1.51. The fraction of sp³-hybridized carbons (Fsp3) is 0.0833. The van der Waals surface area contributed by atoms with Crippen LogP contribution in [0.5, 0.6) is 0 Å². The fourth-order valence-electron chi connectivity index (χ4n) is 1.66. The molecule has 0 aliphatic carbocycles. The topological polar surface area (TPSA) is 43.1 Å². The van der Waals surface area contributed by atoms with E-state index in [1.54, 1.807) is 18.2 Å². The molecule has 10 heteroatoms. The van der Waals surface area contributed by atoms with Crippen molar-refractivity contribution in [3.63, 3.8) is 0 Å². The minimum Gasteiger partial charge on any atom is -0.206 e. The van der Waals surface area contributed by atoms with Gasteiger partial charge < -0.3 is 0 Å². The van der Waals surface area contributed by atoms with Crippen molar-refractivity contribution in [1.29, 1.82) is 0 Å². The second-order valence-corrected chi connectivity index (χ2v) is 6.04. The summed E-state index contributed by atoms with van der Waals surface area (Å²) in [6.45, 7) is 0. The molecule has 0 amide bonds. The number of hydrogen-bond acceptors (Lipinski definition) is 4. The van der Waals surface area contributed by atoms with Crippen LogP contribution in [0.1, 0.15) is 5.69 Å². The molecule has 0 N–H and O–H groups in total. The van der Waals surface area contributed by atoms with Gasteiger partial charge in [-0.15, -0.1) is 0 Å². The molecule has 114 valence electrons. The average Bonchev–Trinajstić information content (AvgIpc) is 2.90. The zero-order valence-electron chi connectivity index (χ0n) is 10.5. The molecule has 0 radical (unpaired) electrons. The number of rotatable bonds is 2. The van der Waals surface area contributed by atoms with Gasteiger partial charge in [-0.25, -0.2) is 4.98 Å². The molecule has 2 aromatic heterocycles. The van der Waals surface area contributed by atoms with Gasteiger partial charge in [0.15, 0.2) is 5.69 Å². The van der Waals surface area contributed by atoms with Gasteiger partial charge in [0, 0.05) is 11.0 Å².